The van der Waals surface area contributed by atoms with Crippen molar-refractivity contribution in [3.8, 4) is 0 Å². The number of rotatable bonds is 27. The zero-order valence-electron chi connectivity index (χ0n) is 29.7. The van der Waals surface area contributed by atoms with Crippen LogP contribution in [0.4, 0.5) is 0 Å². The number of imidazole rings is 1. The second kappa shape index (κ2) is 23.0. The van der Waals surface area contributed by atoms with E-state index in [0.717, 1.165) is 13.0 Å². The van der Waals surface area contributed by atoms with Gasteiger partial charge in [0, 0.05) is 5.41 Å². The lowest BCUT2D eigenvalue weighted by atomic mass is 9.70. The van der Waals surface area contributed by atoms with Gasteiger partial charge in [0.15, 0.2) is 0 Å². The summed E-state index contributed by atoms with van der Waals surface area (Å²) in [7, 11) is 0. The Balaban J connectivity index is 1.48. The summed E-state index contributed by atoms with van der Waals surface area (Å²) in [4.78, 5) is 0. The van der Waals surface area contributed by atoms with Gasteiger partial charge >= 0.3 is 0 Å². The molecule has 0 saturated heterocycles. The smallest absolute Gasteiger partial charge is 0.237 e. The Morgan fingerprint density at radius 1 is 0.578 bits per heavy atom. The number of benzene rings is 2. The maximum atomic E-state index is 2.56. The Morgan fingerprint density at radius 2 is 1.04 bits per heavy atom. The molecule has 0 aliphatic rings. The largest absolute Gasteiger partial charge is 0.244 e. The van der Waals surface area contributed by atoms with Crippen molar-refractivity contribution in [2.75, 3.05) is 0 Å². The lowest BCUT2D eigenvalue weighted by molar-refractivity contribution is -0.697. The van der Waals surface area contributed by atoms with Crippen molar-refractivity contribution in [1.29, 1.82) is 0 Å². The molecule has 0 radical (unpaired) electrons. The van der Waals surface area contributed by atoms with E-state index in [0.29, 0.717) is 6.04 Å². The van der Waals surface area contributed by atoms with Crippen LogP contribution in [0.1, 0.15) is 173 Å². The highest BCUT2D eigenvalue weighted by atomic mass is 15.1. The van der Waals surface area contributed by atoms with E-state index in [9.17, 15) is 0 Å². The van der Waals surface area contributed by atoms with Crippen molar-refractivity contribution < 1.29 is 4.57 Å². The number of nitrogens with zero attached hydrogens (tertiary/aromatic N) is 2. The molecule has 0 aliphatic carbocycles. The highest BCUT2D eigenvalue weighted by Gasteiger charge is 2.40. The second-order valence-electron chi connectivity index (χ2n) is 14.2. The molecule has 0 amide bonds. The monoisotopic (exact) mass is 614 g/mol. The maximum absolute atomic E-state index is 2.56. The molecule has 0 N–H and O–H groups in total. The molecule has 0 saturated carbocycles. The Bertz CT molecular complexity index is 1090. The molecule has 1 aromatic heterocycles. The second-order valence-corrected chi connectivity index (χ2v) is 14.2. The summed E-state index contributed by atoms with van der Waals surface area (Å²) in [6, 6.07) is 22.9. The minimum atomic E-state index is 0.0118. The summed E-state index contributed by atoms with van der Waals surface area (Å²) >= 11 is 0. The van der Waals surface area contributed by atoms with Crippen LogP contribution < -0.4 is 4.57 Å². The molecule has 1 heterocycles. The van der Waals surface area contributed by atoms with Crippen LogP contribution in [0.2, 0.25) is 0 Å². The predicted molar refractivity (Wildman–Crippen MR) is 196 cm³/mol. The van der Waals surface area contributed by atoms with Crippen molar-refractivity contribution in [3.63, 3.8) is 0 Å². The predicted octanol–water partition coefficient (Wildman–Crippen LogP) is 12.7. The molecule has 250 valence electrons. The summed E-state index contributed by atoms with van der Waals surface area (Å²) in [6.07, 6.45) is 37.4. The molecule has 3 aromatic rings. The summed E-state index contributed by atoms with van der Waals surface area (Å²) < 4.78 is 4.99. The molecule has 45 heavy (non-hydrogen) atoms. The molecular formula is C43H69N2+. The standard InChI is InChI=1S/C43H69N2/c1-4-6-8-9-10-11-12-13-14-15-16-17-18-19-20-21-28-34-42(45-37-36-44(39-45)35-29-7-5-2)43(3,41-32-26-23-27-33-41)38-40-30-24-22-25-31-40/h22-27,30-33,36-37,39,42H,4-21,28-29,34-35,38H2,1-3H3/q+1. The third-order valence-corrected chi connectivity index (χ3v) is 10.3. The summed E-state index contributed by atoms with van der Waals surface area (Å²) in [5.41, 5.74) is 2.90. The van der Waals surface area contributed by atoms with Crippen LogP contribution in [0.5, 0.6) is 0 Å². The molecule has 0 spiro atoms. The molecule has 2 aromatic carbocycles. The van der Waals surface area contributed by atoms with Crippen LogP contribution in [0, 0.1) is 0 Å². The molecule has 0 aliphatic heterocycles. The fraction of sp³-hybridized carbons (Fsp3) is 0.651. The van der Waals surface area contributed by atoms with E-state index in [1.165, 1.54) is 146 Å². The molecule has 2 heteroatoms. The number of aryl methyl sites for hydroxylation is 1. The molecule has 2 unspecified atom stereocenters. The SMILES string of the molecule is CCCCCCCCCCCCCCCCCCCC(n1cc[n+](CCCCC)c1)C(C)(Cc1ccccc1)c1ccccc1. The van der Waals surface area contributed by atoms with Gasteiger partial charge < -0.3 is 0 Å². The van der Waals surface area contributed by atoms with Gasteiger partial charge in [-0.05, 0) is 43.2 Å². The number of hydrogen-bond donors (Lipinski definition) is 0. The fourth-order valence-corrected chi connectivity index (χ4v) is 7.38. The lowest BCUT2D eigenvalue weighted by Crippen LogP contribution is -2.38. The van der Waals surface area contributed by atoms with E-state index in [2.05, 4.69) is 109 Å². The fourth-order valence-electron chi connectivity index (χ4n) is 7.38. The first-order chi connectivity index (χ1) is 22.2. The molecular weight excluding hydrogens is 544 g/mol. The Morgan fingerprint density at radius 3 is 1.58 bits per heavy atom. The number of unbranched alkanes of at least 4 members (excludes halogenated alkanes) is 18. The van der Waals surface area contributed by atoms with E-state index in [1.807, 2.05) is 0 Å². The minimum Gasteiger partial charge on any atom is -0.237 e. The van der Waals surface area contributed by atoms with Gasteiger partial charge in [-0.1, -0.05) is 191 Å². The Hall–Kier alpha value is -2.35. The van der Waals surface area contributed by atoms with Gasteiger partial charge in [0.25, 0.3) is 0 Å². The van der Waals surface area contributed by atoms with Crippen molar-refractivity contribution in [1.82, 2.24) is 4.57 Å². The summed E-state index contributed by atoms with van der Waals surface area (Å²) in [6.45, 7) is 8.24. The quantitative estimate of drug-likeness (QED) is 0.0597. The first-order valence-electron chi connectivity index (χ1n) is 19.3. The van der Waals surface area contributed by atoms with Crippen LogP contribution in [-0.4, -0.2) is 4.57 Å². The minimum absolute atomic E-state index is 0.0118. The van der Waals surface area contributed by atoms with Crippen LogP contribution >= 0.6 is 0 Å². The van der Waals surface area contributed by atoms with E-state index >= 15 is 0 Å². The molecule has 0 bridgehead atoms. The first-order valence-corrected chi connectivity index (χ1v) is 19.3. The van der Waals surface area contributed by atoms with Gasteiger partial charge in [-0.25, -0.2) is 9.13 Å². The molecule has 2 atom stereocenters. The van der Waals surface area contributed by atoms with E-state index in [-0.39, 0.29) is 5.41 Å². The van der Waals surface area contributed by atoms with Gasteiger partial charge in [-0.15, -0.1) is 0 Å². The number of aromatic nitrogens is 2. The van der Waals surface area contributed by atoms with Crippen LogP contribution in [-0.2, 0) is 18.4 Å². The van der Waals surface area contributed by atoms with Gasteiger partial charge in [-0.2, -0.15) is 0 Å². The van der Waals surface area contributed by atoms with E-state index in [4.69, 9.17) is 0 Å². The van der Waals surface area contributed by atoms with Crippen molar-refractivity contribution in [2.45, 2.75) is 180 Å². The summed E-state index contributed by atoms with van der Waals surface area (Å²) in [5.74, 6) is 0. The van der Waals surface area contributed by atoms with E-state index in [1.54, 1.807) is 0 Å². The zero-order valence-corrected chi connectivity index (χ0v) is 29.7. The highest BCUT2D eigenvalue weighted by Crippen LogP contribution is 2.41. The average Bonchev–Trinajstić information content (AvgIpc) is 3.53. The maximum Gasteiger partial charge on any atom is 0.244 e. The highest BCUT2D eigenvalue weighted by molar-refractivity contribution is 5.30. The first kappa shape index (κ1) is 37.1. The van der Waals surface area contributed by atoms with Crippen molar-refractivity contribution in [2.24, 2.45) is 0 Å². The normalized spacial score (nSPS) is 13.6. The van der Waals surface area contributed by atoms with Gasteiger partial charge in [0.05, 0.1) is 6.54 Å². The van der Waals surface area contributed by atoms with Crippen LogP contribution in [0.25, 0.3) is 0 Å². The lowest BCUT2D eigenvalue weighted by Gasteiger charge is -2.37. The van der Waals surface area contributed by atoms with Crippen molar-refractivity contribution >= 4 is 0 Å². The van der Waals surface area contributed by atoms with Gasteiger partial charge in [-0.3, -0.25) is 0 Å². The van der Waals surface area contributed by atoms with E-state index < -0.39 is 0 Å². The average molecular weight is 614 g/mol. The van der Waals surface area contributed by atoms with Gasteiger partial charge in [0.2, 0.25) is 6.33 Å². The Labute approximate surface area is 279 Å². The molecule has 2 nitrogen and oxygen atoms in total. The summed E-state index contributed by atoms with van der Waals surface area (Å²) in [5, 5.41) is 0. The molecule has 3 rings (SSSR count). The third kappa shape index (κ3) is 14.3. The zero-order chi connectivity index (χ0) is 31.8. The number of hydrogen-bond acceptors (Lipinski definition) is 0. The van der Waals surface area contributed by atoms with Crippen molar-refractivity contribution in [3.05, 3.63) is 90.5 Å². The topological polar surface area (TPSA) is 8.81 Å². The van der Waals surface area contributed by atoms with Gasteiger partial charge in [0.1, 0.15) is 18.4 Å². The molecule has 0 fully saturated rings. The third-order valence-electron chi connectivity index (χ3n) is 10.3. The van der Waals surface area contributed by atoms with Crippen LogP contribution in [0.3, 0.4) is 0 Å². The Kier molecular flexibility index (Phi) is 19.0. The van der Waals surface area contributed by atoms with Crippen LogP contribution in [0.15, 0.2) is 79.4 Å².